The molecular weight excluding hydrogens is 486 g/mol. The van der Waals surface area contributed by atoms with Gasteiger partial charge in [-0.3, -0.25) is 0 Å². The Labute approximate surface area is 207 Å². The lowest BCUT2D eigenvalue weighted by atomic mass is 10.1. The van der Waals surface area contributed by atoms with Gasteiger partial charge in [0.25, 0.3) is 0 Å². The molecule has 4 aromatic rings. The van der Waals surface area contributed by atoms with Crippen molar-refractivity contribution in [2.75, 3.05) is 13.2 Å². The van der Waals surface area contributed by atoms with E-state index in [9.17, 15) is 13.7 Å². The van der Waals surface area contributed by atoms with Crippen molar-refractivity contribution in [1.82, 2.24) is 9.78 Å². The molecule has 0 amide bonds. The molecule has 0 unspecified atom stereocenters. The molecule has 3 aromatic carbocycles. The van der Waals surface area contributed by atoms with Crippen LogP contribution in [0.3, 0.4) is 0 Å². The minimum atomic E-state index is -4.08. The van der Waals surface area contributed by atoms with Crippen LogP contribution in [0.1, 0.15) is 5.56 Å². The van der Waals surface area contributed by atoms with Crippen LogP contribution >= 0.6 is 11.6 Å². The van der Waals surface area contributed by atoms with Gasteiger partial charge in [0.05, 0.1) is 10.6 Å². The van der Waals surface area contributed by atoms with Gasteiger partial charge in [-0.05, 0) is 60.7 Å². The number of sulfone groups is 1. The van der Waals surface area contributed by atoms with Crippen LogP contribution in [-0.4, -0.2) is 31.4 Å². The zero-order valence-corrected chi connectivity index (χ0v) is 19.8. The highest BCUT2D eigenvalue weighted by atomic mass is 35.5. The summed E-state index contributed by atoms with van der Waals surface area (Å²) in [5.41, 5.74) is 2.42. The van der Waals surface area contributed by atoms with E-state index in [1.807, 2.05) is 42.5 Å². The molecule has 0 spiro atoms. The van der Waals surface area contributed by atoms with E-state index < -0.39 is 14.7 Å². The maximum absolute atomic E-state index is 13.2. The Hall–Kier alpha value is -4.06. The first-order valence-corrected chi connectivity index (χ1v) is 12.5. The molecule has 7 nitrogen and oxygen atoms in total. The van der Waals surface area contributed by atoms with Gasteiger partial charge in [0.15, 0.2) is 11.5 Å². The third kappa shape index (κ3) is 4.52. The number of hydrogen-bond acceptors (Lipinski definition) is 6. The molecule has 5 rings (SSSR count). The highest BCUT2D eigenvalue weighted by Gasteiger charge is 2.23. The molecule has 0 saturated heterocycles. The summed E-state index contributed by atoms with van der Waals surface area (Å²) in [6, 6.07) is 22.3. The number of hydrogen-bond donors (Lipinski definition) is 0. The first-order chi connectivity index (χ1) is 17.0. The number of fused-ring (bicyclic) bond motifs is 1. The number of halogens is 1. The van der Waals surface area contributed by atoms with Crippen molar-refractivity contribution in [3.8, 4) is 34.5 Å². The monoisotopic (exact) mass is 503 g/mol. The third-order valence-electron chi connectivity index (χ3n) is 5.39. The van der Waals surface area contributed by atoms with Crippen molar-refractivity contribution >= 4 is 27.5 Å². The Bertz CT molecular complexity index is 1570. The normalized spacial score (nSPS) is 13.3. The fourth-order valence-electron chi connectivity index (χ4n) is 3.67. The minimum Gasteiger partial charge on any atom is -0.486 e. The Morgan fingerprint density at radius 3 is 2.43 bits per heavy atom. The van der Waals surface area contributed by atoms with Crippen molar-refractivity contribution in [3.05, 3.63) is 94.5 Å². The molecule has 0 atom stereocenters. The van der Waals surface area contributed by atoms with Crippen molar-refractivity contribution in [2.24, 2.45) is 0 Å². The summed E-state index contributed by atoms with van der Waals surface area (Å²) in [4.78, 5) is -0.433. The fourth-order valence-corrected chi connectivity index (χ4v) is 4.95. The number of nitrogens with zero attached hydrogens (tertiary/aromatic N) is 3. The molecule has 2 heterocycles. The van der Waals surface area contributed by atoms with E-state index >= 15 is 0 Å². The van der Waals surface area contributed by atoms with E-state index in [2.05, 4.69) is 0 Å². The van der Waals surface area contributed by atoms with Crippen LogP contribution in [-0.2, 0) is 9.84 Å². The van der Waals surface area contributed by atoms with Gasteiger partial charge in [0.2, 0.25) is 9.84 Å². The SMILES string of the molecule is N#C/C(=C\c1cn(-c2ccccc2)nc1-c1ccc2c(c1)OCCO2)S(=O)(=O)c1ccc(Cl)cc1. The zero-order valence-electron chi connectivity index (χ0n) is 18.3. The van der Waals surface area contributed by atoms with Crippen LogP contribution in [0.25, 0.3) is 23.0 Å². The van der Waals surface area contributed by atoms with Crippen molar-refractivity contribution in [1.29, 1.82) is 5.26 Å². The molecule has 0 saturated carbocycles. The molecule has 0 fully saturated rings. The van der Waals surface area contributed by atoms with E-state index in [4.69, 9.17) is 26.2 Å². The summed E-state index contributed by atoms with van der Waals surface area (Å²) >= 11 is 5.90. The summed E-state index contributed by atoms with van der Waals surface area (Å²) in [6.07, 6.45) is 3.03. The third-order valence-corrected chi connectivity index (χ3v) is 7.32. The molecule has 9 heteroatoms. The predicted molar refractivity (Wildman–Crippen MR) is 132 cm³/mol. The molecule has 35 heavy (non-hydrogen) atoms. The van der Waals surface area contributed by atoms with Gasteiger partial charge in [-0.15, -0.1) is 0 Å². The summed E-state index contributed by atoms with van der Waals surface area (Å²) in [5, 5.41) is 14.9. The second-order valence-corrected chi connectivity index (χ2v) is 10.0. The minimum absolute atomic E-state index is 0.0222. The Morgan fingerprint density at radius 1 is 1.00 bits per heavy atom. The molecular formula is C26H18ClN3O4S. The summed E-state index contributed by atoms with van der Waals surface area (Å²) in [6.45, 7) is 0.899. The summed E-state index contributed by atoms with van der Waals surface area (Å²) in [7, 11) is -4.08. The number of ether oxygens (including phenoxy) is 2. The Balaban J connectivity index is 1.66. The molecule has 0 bridgehead atoms. The largest absolute Gasteiger partial charge is 0.486 e. The van der Waals surface area contributed by atoms with Gasteiger partial charge in [-0.25, -0.2) is 13.1 Å². The Kier molecular flexibility index (Phi) is 6.03. The van der Waals surface area contributed by atoms with Crippen LogP contribution < -0.4 is 9.47 Å². The smallest absolute Gasteiger partial charge is 0.216 e. The quantitative estimate of drug-likeness (QED) is 0.343. The van der Waals surface area contributed by atoms with Gasteiger partial charge < -0.3 is 9.47 Å². The first-order valence-electron chi connectivity index (χ1n) is 10.6. The van der Waals surface area contributed by atoms with E-state index in [-0.39, 0.29) is 4.90 Å². The van der Waals surface area contributed by atoms with Gasteiger partial charge in [0.1, 0.15) is 29.9 Å². The molecule has 0 N–H and O–H groups in total. The molecule has 174 valence electrons. The Morgan fingerprint density at radius 2 is 1.71 bits per heavy atom. The highest BCUT2D eigenvalue weighted by Crippen LogP contribution is 2.36. The average molecular weight is 504 g/mol. The maximum atomic E-state index is 13.2. The van der Waals surface area contributed by atoms with Crippen LogP contribution in [0.15, 0.2) is 88.8 Å². The second kappa shape index (κ2) is 9.29. The molecule has 1 aromatic heterocycles. The van der Waals surface area contributed by atoms with Crippen LogP contribution in [0, 0.1) is 11.3 Å². The average Bonchev–Trinajstić information content (AvgIpc) is 3.31. The number of benzene rings is 3. The predicted octanol–water partition coefficient (Wildman–Crippen LogP) is 5.30. The number of nitriles is 1. The number of aromatic nitrogens is 2. The summed E-state index contributed by atoms with van der Waals surface area (Å²) < 4.78 is 39.4. The van der Waals surface area contributed by atoms with E-state index in [1.54, 1.807) is 23.0 Å². The highest BCUT2D eigenvalue weighted by molar-refractivity contribution is 7.95. The van der Waals surface area contributed by atoms with Crippen LogP contribution in [0.4, 0.5) is 0 Å². The molecule has 1 aliphatic rings. The molecule has 1 aliphatic heterocycles. The fraction of sp³-hybridized carbons (Fsp3) is 0.0769. The van der Waals surface area contributed by atoms with E-state index in [0.717, 1.165) is 5.69 Å². The van der Waals surface area contributed by atoms with Gasteiger partial charge in [0, 0.05) is 22.3 Å². The standard InChI is InChI=1S/C26H18ClN3O4S/c27-20-7-9-22(10-8-20)35(31,32)23(16-28)14-19-17-30(21-4-2-1-3-5-21)29-26(19)18-6-11-24-25(15-18)34-13-12-33-24/h1-11,14-15,17H,12-13H2/b23-14+. The van der Waals surface area contributed by atoms with Crippen molar-refractivity contribution in [2.45, 2.75) is 4.90 Å². The number of para-hydroxylation sites is 1. The second-order valence-electron chi connectivity index (χ2n) is 7.65. The van der Waals surface area contributed by atoms with Gasteiger partial charge >= 0.3 is 0 Å². The van der Waals surface area contributed by atoms with E-state index in [1.165, 1.54) is 30.3 Å². The number of rotatable bonds is 5. The lowest BCUT2D eigenvalue weighted by Crippen LogP contribution is -2.15. The summed E-state index contributed by atoms with van der Waals surface area (Å²) in [5.74, 6) is 1.20. The van der Waals surface area contributed by atoms with Crippen molar-refractivity contribution in [3.63, 3.8) is 0 Å². The maximum Gasteiger partial charge on any atom is 0.216 e. The van der Waals surface area contributed by atoms with Gasteiger partial charge in [-0.1, -0.05) is 29.8 Å². The lowest BCUT2D eigenvalue weighted by molar-refractivity contribution is 0.171. The van der Waals surface area contributed by atoms with Gasteiger partial charge in [-0.2, -0.15) is 10.4 Å². The van der Waals surface area contributed by atoms with Crippen LogP contribution in [0.5, 0.6) is 11.5 Å². The topological polar surface area (TPSA) is 94.2 Å². The first kappa shape index (κ1) is 22.7. The lowest BCUT2D eigenvalue weighted by Gasteiger charge is -2.18. The number of allylic oxidation sites excluding steroid dienone is 1. The molecule has 0 radical (unpaired) electrons. The van der Waals surface area contributed by atoms with E-state index in [0.29, 0.717) is 46.6 Å². The van der Waals surface area contributed by atoms with Crippen molar-refractivity contribution < 1.29 is 17.9 Å². The zero-order chi connectivity index (χ0) is 24.4. The van der Waals surface area contributed by atoms with Crippen LogP contribution in [0.2, 0.25) is 5.02 Å². The molecule has 0 aliphatic carbocycles.